The molecule has 0 amide bonds. The molecule has 0 unspecified atom stereocenters. The number of aliphatic hydroxyl groups is 1. The van der Waals surface area contributed by atoms with Crippen molar-refractivity contribution in [2.75, 3.05) is 11.1 Å². The van der Waals surface area contributed by atoms with Crippen LogP contribution in [0.4, 0.5) is 11.4 Å². The van der Waals surface area contributed by atoms with Gasteiger partial charge in [-0.3, -0.25) is 4.98 Å². The third-order valence-electron chi connectivity index (χ3n) is 3.15. The topological polar surface area (TPSA) is 71.2 Å². The molecule has 0 aliphatic heterocycles. The summed E-state index contributed by atoms with van der Waals surface area (Å²) in [6.45, 7) is 0.718. The first kappa shape index (κ1) is 12.9. The smallest absolute Gasteiger partial charge is 0.0832 e. The van der Waals surface area contributed by atoms with E-state index in [-0.39, 0.29) is 6.61 Å². The Morgan fingerprint density at radius 3 is 2.95 bits per heavy atom. The van der Waals surface area contributed by atoms with Gasteiger partial charge in [0.05, 0.1) is 34.4 Å². The monoisotopic (exact) mass is 285 g/mol. The number of thiophene rings is 1. The number of nitrogens with one attached hydrogen (secondary N) is 1. The summed E-state index contributed by atoms with van der Waals surface area (Å²) in [6.07, 6.45) is 1.68. The number of fused-ring (bicyclic) bond motifs is 1. The summed E-state index contributed by atoms with van der Waals surface area (Å²) in [5, 5.41) is 14.5. The van der Waals surface area contributed by atoms with E-state index in [0.29, 0.717) is 12.2 Å². The van der Waals surface area contributed by atoms with Gasteiger partial charge < -0.3 is 16.2 Å². The summed E-state index contributed by atoms with van der Waals surface area (Å²) in [5.41, 5.74) is 10.6. The molecule has 4 N–H and O–H groups in total. The van der Waals surface area contributed by atoms with Gasteiger partial charge in [-0.05, 0) is 22.6 Å². The third-order valence-corrected chi connectivity index (χ3v) is 4.07. The molecule has 20 heavy (non-hydrogen) atoms. The molecule has 4 nitrogen and oxygen atoms in total. The summed E-state index contributed by atoms with van der Waals surface area (Å²) in [7, 11) is 0. The molecule has 3 rings (SSSR count). The maximum atomic E-state index is 9.16. The first-order valence-corrected chi connectivity index (χ1v) is 7.20. The van der Waals surface area contributed by atoms with E-state index in [1.807, 2.05) is 35.7 Å². The average Bonchev–Trinajstić information content (AvgIpc) is 2.95. The van der Waals surface area contributed by atoms with Crippen LogP contribution < -0.4 is 11.1 Å². The van der Waals surface area contributed by atoms with E-state index in [9.17, 15) is 0 Å². The Kier molecular flexibility index (Phi) is 3.54. The maximum Gasteiger partial charge on any atom is 0.0832 e. The number of rotatable bonds is 4. The highest BCUT2D eigenvalue weighted by Gasteiger charge is 2.07. The molecule has 102 valence electrons. The van der Waals surface area contributed by atoms with Gasteiger partial charge >= 0.3 is 0 Å². The van der Waals surface area contributed by atoms with Gasteiger partial charge in [0.15, 0.2) is 0 Å². The largest absolute Gasteiger partial charge is 0.396 e. The number of nitrogen functional groups attached to an aromatic ring is 1. The molecular formula is C15H15N3OS. The number of aliphatic hydroxyl groups excluding tert-OH is 1. The number of hydrogen-bond donors (Lipinski definition) is 3. The highest BCUT2D eigenvalue weighted by molar-refractivity contribution is 7.17. The van der Waals surface area contributed by atoms with Gasteiger partial charge in [-0.15, -0.1) is 11.3 Å². The van der Waals surface area contributed by atoms with Crippen LogP contribution >= 0.6 is 11.3 Å². The molecule has 0 atom stereocenters. The molecule has 1 aromatic carbocycles. The number of hydrogen-bond acceptors (Lipinski definition) is 5. The van der Waals surface area contributed by atoms with E-state index >= 15 is 0 Å². The summed E-state index contributed by atoms with van der Waals surface area (Å²) < 4.78 is 1.07. The van der Waals surface area contributed by atoms with Crippen LogP contribution in [-0.2, 0) is 13.2 Å². The second-order valence-electron chi connectivity index (χ2n) is 4.56. The maximum absolute atomic E-state index is 9.16. The van der Waals surface area contributed by atoms with Crippen LogP contribution in [0.2, 0.25) is 0 Å². The number of aromatic nitrogens is 1. The quantitative estimate of drug-likeness (QED) is 0.689. The van der Waals surface area contributed by atoms with E-state index in [2.05, 4.69) is 10.3 Å². The first-order valence-electron chi connectivity index (χ1n) is 6.32. The van der Waals surface area contributed by atoms with Gasteiger partial charge in [0.2, 0.25) is 0 Å². The van der Waals surface area contributed by atoms with E-state index in [1.54, 1.807) is 17.5 Å². The molecule has 0 spiro atoms. The highest BCUT2D eigenvalue weighted by Crippen LogP contribution is 2.32. The zero-order valence-corrected chi connectivity index (χ0v) is 11.7. The second-order valence-corrected chi connectivity index (χ2v) is 5.47. The summed E-state index contributed by atoms with van der Waals surface area (Å²) in [4.78, 5) is 4.30. The molecule has 0 radical (unpaired) electrons. The zero-order valence-electron chi connectivity index (χ0n) is 10.8. The molecule has 0 aliphatic carbocycles. The number of benzene rings is 1. The van der Waals surface area contributed by atoms with Crippen molar-refractivity contribution in [3.8, 4) is 0 Å². The lowest BCUT2D eigenvalue weighted by atomic mass is 10.1. The van der Waals surface area contributed by atoms with E-state index in [0.717, 1.165) is 27.0 Å². The van der Waals surface area contributed by atoms with Crippen molar-refractivity contribution in [2.45, 2.75) is 13.2 Å². The standard InChI is InChI=1S/C15H15N3OS/c16-12-8-17-13-4-5-20-15(13)14(12)18-7-10-2-1-3-11(6-10)9-19/h1-6,8,19H,7,9,16H2,(H,17,18). The molecule has 2 aromatic heterocycles. The summed E-state index contributed by atoms with van der Waals surface area (Å²) in [6, 6.07) is 9.84. The molecule has 0 aliphatic rings. The fraction of sp³-hybridized carbons (Fsp3) is 0.133. The SMILES string of the molecule is Nc1cnc2ccsc2c1NCc1cccc(CO)c1. The summed E-state index contributed by atoms with van der Waals surface area (Å²) >= 11 is 1.63. The lowest BCUT2D eigenvalue weighted by molar-refractivity contribution is 0.281. The Bertz CT molecular complexity index is 739. The average molecular weight is 285 g/mol. The van der Waals surface area contributed by atoms with Crippen LogP contribution in [0.15, 0.2) is 41.9 Å². The molecule has 0 bridgehead atoms. The van der Waals surface area contributed by atoms with E-state index in [4.69, 9.17) is 10.8 Å². The van der Waals surface area contributed by atoms with E-state index in [1.165, 1.54) is 0 Å². The number of nitrogens with zero attached hydrogens (tertiary/aromatic N) is 1. The van der Waals surface area contributed by atoms with Crippen molar-refractivity contribution in [3.63, 3.8) is 0 Å². The lowest BCUT2D eigenvalue weighted by Gasteiger charge is -2.11. The van der Waals surface area contributed by atoms with Crippen molar-refractivity contribution >= 4 is 32.9 Å². The van der Waals surface area contributed by atoms with Gasteiger partial charge in [0, 0.05) is 6.54 Å². The number of anilines is 2. The summed E-state index contributed by atoms with van der Waals surface area (Å²) in [5.74, 6) is 0. The first-order chi connectivity index (χ1) is 9.78. The fourth-order valence-electron chi connectivity index (χ4n) is 2.14. The molecule has 0 fully saturated rings. The van der Waals surface area contributed by atoms with Crippen molar-refractivity contribution in [2.24, 2.45) is 0 Å². The molecular weight excluding hydrogens is 270 g/mol. The Hall–Kier alpha value is -2.11. The minimum Gasteiger partial charge on any atom is -0.396 e. The van der Waals surface area contributed by atoms with Gasteiger partial charge in [0.1, 0.15) is 0 Å². The number of nitrogens with two attached hydrogens (primary N) is 1. The van der Waals surface area contributed by atoms with Crippen molar-refractivity contribution in [1.29, 1.82) is 0 Å². The van der Waals surface area contributed by atoms with Crippen LogP contribution in [0.3, 0.4) is 0 Å². The molecule has 5 heteroatoms. The van der Waals surface area contributed by atoms with Crippen molar-refractivity contribution in [1.82, 2.24) is 4.98 Å². The molecule has 0 saturated heterocycles. The van der Waals surface area contributed by atoms with E-state index < -0.39 is 0 Å². The Labute approximate surface area is 120 Å². The lowest BCUT2D eigenvalue weighted by Crippen LogP contribution is -2.03. The van der Waals surface area contributed by atoms with Gasteiger partial charge in [-0.2, -0.15) is 0 Å². The second kappa shape index (κ2) is 5.48. The van der Waals surface area contributed by atoms with Crippen molar-refractivity contribution < 1.29 is 5.11 Å². The van der Waals surface area contributed by atoms with Gasteiger partial charge in [-0.25, -0.2) is 0 Å². The zero-order chi connectivity index (χ0) is 13.9. The predicted octanol–water partition coefficient (Wildman–Crippen LogP) is 2.98. The van der Waals surface area contributed by atoms with Crippen LogP contribution in [0.25, 0.3) is 10.2 Å². The Morgan fingerprint density at radius 1 is 1.25 bits per heavy atom. The molecule has 0 saturated carbocycles. The minimum atomic E-state index is 0.0560. The molecule has 3 aromatic rings. The van der Waals surface area contributed by atoms with Crippen LogP contribution in [0.5, 0.6) is 0 Å². The van der Waals surface area contributed by atoms with Crippen LogP contribution in [-0.4, -0.2) is 10.1 Å². The Balaban J connectivity index is 1.86. The Morgan fingerprint density at radius 2 is 2.10 bits per heavy atom. The molecule has 2 heterocycles. The third kappa shape index (κ3) is 2.45. The highest BCUT2D eigenvalue weighted by atomic mass is 32.1. The van der Waals surface area contributed by atoms with Crippen LogP contribution in [0.1, 0.15) is 11.1 Å². The van der Waals surface area contributed by atoms with Crippen LogP contribution in [0, 0.1) is 0 Å². The van der Waals surface area contributed by atoms with Gasteiger partial charge in [-0.1, -0.05) is 24.3 Å². The minimum absolute atomic E-state index is 0.0560. The van der Waals surface area contributed by atoms with Crippen molar-refractivity contribution in [3.05, 3.63) is 53.0 Å². The van der Waals surface area contributed by atoms with Gasteiger partial charge in [0.25, 0.3) is 0 Å². The normalized spacial score (nSPS) is 10.8. The number of pyridine rings is 1. The predicted molar refractivity (Wildman–Crippen MR) is 83.7 cm³/mol. The fourth-order valence-corrected chi connectivity index (χ4v) is 3.02.